The maximum absolute atomic E-state index is 13.1. The van der Waals surface area contributed by atoms with Gasteiger partial charge in [0.1, 0.15) is 0 Å². The summed E-state index contributed by atoms with van der Waals surface area (Å²) in [5, 5.41) is 10.1. The summed E-state index contributed by atoms with van der Waals surface area (Å²) in [5.74, 6) is -0.332. The third-order valence-electron chi connectivity index (χ3n) is 4.02. The Bertz CT molecular complexity index is 896. The summed E-state index contributed by atoms with van der Waals surface area (Å²) in [6, 6.07) is 9.50. The van der Waals surface area contributed by atoms with Crippen LogP contribution in [0.5, 0.6) is 0 Å². The molecule has 1 fully saturated rings. The lowest BCUT2D eigenvalue weighted by Crippen LogP contribution is -2.56. The van der Waals surface area contributed by atoms with Crippen molar-refractivity contribution in [3.8, 4) is 0 Å². The summed E-state index contributed by atoms with van der Waals surface area (Å²) < 4.78 is 33.4. The molecule has 1 aromatic heterocycles. The number of nitrogens with one attached hydrogen (secondary N) is 1. The molecule has 10 heteroatoms. The molecule has 1 unspecified atom stereocenters. The van der Waals surface area contributed by atoms with Crippen LogP contribution >= 0.6 is 11.3 Å². The van der Waals surface area contributed by atoms with Gasteiger partial charge in [-0.1, -0.05) is 41.7 Å². The first-order chi connectivity index (χ1) is 12.2. The molecule has 3 rings (SSSR count). The number of carbonyl (C=O) groups is 1. The van der Waals surface area contributed by atoms with E-state index in [1.54, 1.807) is 0 Å². The summed E-state index contributed by atoms with van der Waals surface area (Å²) in [5.41, 5.74) is 0.184. The van der Waals surface area contributed by atoms with Crippen LogP contribution in [0.3, 0.4) is 0 Å². The molecular formula is C16H20N4O4S2. The Morgan fingerprint density at radius 3 is 2.65 bits per heavy atom. The topological polar surface area (TPSA) is 101 Å². The first-order valence-electron chi connectivity index (χ1n) is 8.00. The highest BCUT2D eigenvalue weighted by Crippen LogP contribution is 2.35. The molecular weight excluding hydrogens is 376 g/mol. The molecule has 1 aromatic carbocycles. The molecule has 8 nitrogen and oxygen atoms in total. The third-order valence-corrected chi connectivity index (χ3v) is 7.28. The zero-order valence-corrected chi connectivity index (χ0v) is 16.3. The van der Waals surface area contributed by atoms with E-state index in [9.17, 15) is 13.2 Å². The van der Waals surface area contributed by atoms with E-state index in [-0.39, 0.29) is 34.6 Å². The minimum Gasteiger partial charge on any atom is -0.370 e. The zero-order chi connectivity index (χ0) is 18.9. The molecule has 26 heavy (non-hydrogen) atoms. The number of carbonyl (C=O) groups excluding carboxylic acids is 1. The molecule has 0 spiro atoms. The summed E-state index contributed by atoms with van der Waals surface area (Å²) in [7, 11) is -3.88. The number of ether oxygens (including phenoxy) is 1. The second kappa shape index (κ2) is 7.03. The maximum atomic E-state index is 13.1. The van der Waals surface area contributed by atoms with Gasteiger partial charge in [0.25, 0.3) is 10.0 Å². The number of aromatic nitrogens is 2. The van der Waals surface area contributed by atoms with Gasteiger partial charge in [0.2, 0.25) is 15.4 Å². The monoisotopic (exact) mass is 396 g/mol. The molecule has 1 saturated heterocycles. The van der Waals surface area contributed by atoms with Crippen molar-refractivity contribution < 1.29 is 17.9 Å². The number of benzene rings is 1. The quantitative estimate of drug-likeness (QED) is 0.794. The molecule has 0 radical (unpaired) electrons. The van der Waals surface area contributed by atoms with Gasteiger partial charge in [-0.05, 0) is 19.4 Å². The number of rotatable bonds is 4. The molecule has 140 valence electrons. The number of hydrogen-bond donors (Lipinski definition) is 1. The first-order valence-corrected chi connectivity index (χ1v) is 10.3. The smallest absolute Gasteiger partial charge is 0.273 e. The number of amides is 1. The second-order valence-electron chi connectivity index (χ2n) is 6.61. The average Bonchev–Trinajstić information content (AvgIpc) is 3.04. The van der Waals surface area contributed by atoms with Gasteiger partial charge in [0, 0.05) is 13.5 Å². The van der Waals surface area contributed by atoms with E-state index in [0.29, 0.717) is 0 Å². The first kappa shape index (κ1) is 18.9. The number of sulfonamides is 1. The van der Waals surface area contributed by atoms with Crippen molar-refractivity contribution in [2.75, 3.05) is 18.5 Å². The number of morpholine rings is 1. The van der Waals surface area contributed by atoms with Crippen LogP contribution in [-0.4, -0.2) is 47.5 Å². The molecule has 2 aromatic rings. The van der Waals surface area contributed by atoms with Gasteiger partial charge in [-0.2, -0.15) is 4.31 Å². The molecule has 0 aliphatic carbocycles. The highest BCUT2D eigenvalue weighted by Gasteiger charge is 2.44. The minimum absolute atomic E-state index is 0.150. The number of anilines is 1. The molecule has 1 N–H and O–H groups in total. The van der Waals surface area contributed by atoms with Crippen molar-refractivity contribution in [1.29, 1.82) is 0 Å². The van der Waals surface area contributed by atoms with Crippen molar-refractivity contribution in [3.63, 3.8) is 0 Å². The molecule has 0 saturated carbocycles. The highest BCUT2D eigenvalue weighted by molar-refractivity contribution is 7.91. The van der Waals surface area contributed by atoms with Crippen molar-refractivity contribution in [2.45, 2.75) is 36.8 Å². The van der Waals surface area contributed by atoms with Crippen LogP contribution in [0.25, 0.3) is 0 Å². The van der Waals surface area contributed by atoms with Crippen molar-refractivity contribution >= 4 is 32.4 Å². The summed E-state index contributed by atoms with van der Waals surface area (Å²) in [6.45, 7) is 5.37. The fourth-order valence-electron chi connectivity index (χ4n) is 2.73. The lowest BCUT2D eigenvalue weighted by Gasteiger charge is -2.43. The molecule has 1 atom stereocenters. The third kappa shape index (κ3) is 3.78. The summed E-state index contributed by atoms with van der Waals surface area (Å²) in [4.78, 5) is 11.1. The van der Waals surface area contributed by atoms with E-state index in [2.05, 4.69) is 15.5 Å². The van der Waals surface area contributed by atoms with Gasteiger partial charge in [0.15, 0.2) is 0 Å². The maximum Gasteiger partial charge on any atom is 0.273 e. The lowest BCUT2D eigenvalue weighted by molar-refractivity contribution is -0.114. The van der Waals surface area contributed by atoms with Crippen LogP contribution in [0.2, 0.25) is 0 Å². The Kier molecular flexibility index (Phi) is 5.11. The predicted octanol–water partition coefficient (Wildman–Crippen LogP) is 2.04. The Morgan fingerprint density at radius 2 is 2.00 bits per heavy atom. The molecule has 1 aliphatic heterocycles. The number of nitrogens with zero attached hydrogens (tertiary/aromatic N) is 3. The highest BCUT2D eigenvalue weighted by atomic mass is 32.2. The zero-order valence-electron chi connectivity index (χ0n) is 14.7. The van der Waals surface area contributed by atoms with E-state index >= 15 is 0 Å². The van der Waals surface area contributed by atoms with E-state index in [0.717, 1.165) is 16.9 Å². The van der Waals surface area contributed by atoms with E-state index in [1.807, 2.05) is 44.2 Å². The minimum atomic E-state index is -3.88. The van der Waals surface area contributed by atoms with Crippen molar-refractivity contribution in [3.05, 3.63) is 35.9 Å². The normalized spacial score (nSPS) is 20.7. The van der Waals surface area contributed by atoms with E-state index < -0.39 is 15.6 Å². The van der Waals surface area contributed by atoms with Crippen LogP contribution in [0.15, 0.2) is 34.7 Å². The summed E-state index contributed by atoms with van der Waals surface area (Å²) in [6.07, 6.45) is -0.360. The van der Waals surface area contributed by atoms with E-state index in [1.165, 1.54) is 11.2 Å². The van der Waals surface area contributed by atoms with Crippen LogP contribution in [0, 0.1) is 0 Å². The van der Waals surface area contributed by atoms with Gasteiger partial charge in [0.05, 0.1) is 18.2 Å². The largest absolute Gasteiger partial charge is 0.370 e. The molecule has 0 bridgehead atoms. The van der Waals surface area contributed by atoms with Crippen molar-refractivity contribution in [1.82, 2.24) is 14.5 Å². The Morgan fingerprint density at radius 1 is 1.31 bits per heavy atom. The van der Waals surface area contributed by atoms with Crippen LogP contribution in [0.4, 0.5) is 5.13 Å². The van der Waals surface area contributed by atoms with E-state index in [4.69, 9.17) is 4.74 Å². The predicted molar refractivity (Wildman–Crippen MR) is 97.3 cm³/mol. The fraction of sp³-hybridized carbons (Fsp3) is 0.438. The standard InChI is InChI=1S/C16H20N4O4S2/c1-11(21)17-14-18-19-15(25-14)26(22,23)20-9-13(24-10-16(20,2)3)12-7-5-4-6-8-12/h4-8,13H,9-10H2,1-3H3,(H,17,18,21). The molecule has 1 amide bonds. The SMILES string of the molecule is CC(=O)Nc1nnc(S(=O)(=O)N2CC(c3ccccc3)OCC2(C)C)s1. The average molecular weight is 396 g/mol. The van der Waals surface area contributed by atoms with Gasteiger partial charge in [-0.15, -0.1) is 10.2 Å². The summed E-state index contributed by atoms with van der Waals surface area (Å²) >= 11 is 0.835. The Balaban J connectivity index is 1.90. The van der Waals surface area contributed by atoms with Gasteiger partial charge < -0.3 is 10.1 Å². The second-order valence-corrected chi connectivity index (χ2v) is 9.63. The van der Waals surface area contributed by atoms with Crippen molar-refractivity contribution in [2.24, 2.45) is 0 Å². The Labute approximate surface area is 156 Å². The fourth-order valence-corrected chi connectivity index (χ4v) is 5.55. The lowest BCUT2D eigenvalue weighted by atomic mass is 10.0. The van der Waals surface area contributed by atoms with Crippen LogP contribution < -0.4 is 5.32 Å². The van der Waals surface area contributed by atoms with Gasteiger partial charge in [-0.25, -0.2) is 8.42 Å². The van der Waals surface area contributed by atoms with Crippen LogP contribution in [-0.2, 0) is 19.6 Å². The van der Waals surface area contributed by atoms with Gasteiger partial charge >= 0.3 is 0 Å². The van der Waals surface area contributed by atoms with Crippen LogP contribution in [0.1, 0.15) is 32.4 Å². The number of hydrogen-bond acceptors (Lipinski definition) is 7. The molecule has 1 aliphatic rings. The van der Waals surface area contributed by atoms with Gasteiger partial charge in [-0.3, -0.25) is 4.79 Å². The molecule has 2 heterocycles. The Hall–Kier alpha value is -1.88.